The van der Waals surface area contributed by atoms with Crippen molar-refractivity contribution in [2.75, 3.05) is 18.5 Å². The first kappa shape index (κ1) is 12.1. The minimum atomic E-state index is 0.187. The number of hydrogen-bond donors (Lipinski definition) is 1. The van der Waals surface area contributed by atoms with Gasteiger partial charge in [-0.2, -0.15) is 0 Å². The Morgan fingerprint density at radius 1 is 1.00 bits per heavy atom. The van der Waals surface area contributed by atoms with E-state index in [4.69, 9.17) is 9.47 Å². The van der Waals surface area contributed by atoms with Gasteiger partial charge in [-0.15, -0.1) is 0 Å². The molecular weight excluding hydrogens is 238 g/mol. The molecule has 1 aliphatic rings. The second-order valence-corrected chi connectivity index (χ2v) is 4.62. The molecule has 1 atom stereocenters. The molecule has 0 aromatic heterocycles. The Hall–Kier alpha value is -2.00. The molecular formula is C16H17NO2. The van der Waals surface area contributed by atoms with Crippen molar-refractivity contribution in [3.05, 3.63) is 54.6 Å². The van der Waals surface area contributed by atoms with Crippen molar-refractivity contribution in [1.29, 1.82) is 0 Å². The molecule has 0 aliphatic carbocycles. The lowest BCUT2D eigenvalue weighted by Gasteiger charge is -2.13. The van der Waals surface area contributed by atoms with Gasteiger partial charge >= 0.3 is 0 Å². The van der Waals surface area contributed by atoms with Crippen LogP contribution in [0.5, 0.6) is 5.75 Å². The number of anilines is 2. The van der Waals surface area contributed by atoms with Crippen LogP contribution >= 0.6 is 0 Å². The average molecular weight is 255 g/mol. The summed E-state index contributed by atoms with van der Waals surface area (Å²) in [5, 5.41) is 3.36. The fourth-order valence-electron chi connectivity index (χ4n) is 2.13. The van der Waals surface area contributed by atoms with Gasteiger partial charge in [-0.05, 0) is 24.3 Å². The molecule has 0 radical (unpaired) electrons. The van der Waals surface area contributed by atoms with Crippen molar-refractivity contribution >= 4 is 11.4 Å². The Bertz CT molecular complexity index is 521. The zero-order valence-electron chi connectivity index (χ0n) is 10.7. The van der Waals surface area contributed by atoms with E-state index in [9.17, 15) is 0 Å². The van der Waals surface area contributed by atoms with E-state index in [1.54, 1.807) is 0 Å². The van der Waals surface area contributed by atoms with E-state index in [-0.39, 0.29) is 6.10 Å². The van der Waals surface area contributed by atoms with Gasteiger partial charge in [-0.3, -0.25) is 0 Å². The maximum absolute atomic E-state index is 5.89. The number of rotatable bonds is 4. The third-order valence-electron chi connectivity index (χ3n) is 3.09. The number of benzene rings is 2. The summed E-state index contributed by atoms with van der Waals surface area (Å²) in [5.74, 6) is 0.886. The zero-order valence-corrected chi connectivity index (χ0v) is 10.7. The first-order valence-electron chi connectivity index (χ1n) is 6.57. The third-order valence-corrected chi connectivity index (χ3v) is 3.09. The van der Waals surface area contributed by atoms with Gasteiger partial charge < -0.3 is 14.8 Å². The maximum Gasteiger partial charge on any atom is 0.124 e. The summed E-state index contributed by atoms with van der Waals surface area (Å²) in [6, 6.07) is 18.1. The summed E-state index contributed by atoms with van der Waals surface area (Å²) in [6.45, 7) is 1.49. The van der Waals surface area contributed by atoms with Crippen LogP contribution in [0.15, 0.2) is 54.6 Å². The standard InChI is InChI=1S/C16H17NO2/c1-2-5-13(6-3-1)17-14-7-4-8-15(11-14)19-16-9-10-18-12-16/h1-8,11,16-17H,9-10,12H2. The van der Waals surface area contributed by atoms with Crippen LogP contribution in [0.2, 0.25) is 0 Å². The van der Waals surface area contributed by atoms with E-state index in [1.807, 2.05) is 54.6 Å². The van der Waals surface area contributed by atoms with E-state index in [1.165, 1.54) is 0 Å². The second kappa shape index (κ2) is 5.76. The van der Waals surface area contributed by atoms with Crippen LogP contribution in [-0.2, 0) is 4.74 Å². The highest BCUT2D eigenvalue weighted by atomic mass is 16.5. The minimum Gasteiger partial charge on any atom is -0.488 e. The quantitative estimate of drug-likeness (QED) is 0.905. The Kier molecular flexibility index (Phi) is 3.65. The van der Waals surface area contributed by atoms with Crippen LogP contribution in [0, 0.1) is 0 Å². The van der Waals surface area contributed by atoms with Crippen LogP contribution in [0.25, 0.3) is 0 Å². The first-order valence-corrected chi connectivity index (χ1v) is 6.57. The fraction of sp³-hybridized carbons (Fsp3) is 0.250. The highest BCUT2D eigenvalue weighted by molar-refractivity contribution is 5.60. The number of ether oxygens (including phenoxy) is 2. The molecule has 2 aromatic rings. The molecule has 1 N–H and O–H groups in total. The van der Waals surface area contributed by atoms with Crippen molar-refractivity contribution in [3.8, 4) is 5.75 Å². The average Bonchev–Trinajstić information content (AvgIpc) is 2.93. The highest BCUT2D eigenvalue weighted by Crippen LogP contribution is 2.23. The lowest BCUT2D eigenvalue weighted by atomic mass is 10.2. The smallest absolute Gasteiger partial charge is 0.124 e. The van der Waals surface area contributed by atoms with Crippen LogP contribution in [0.1, 0.15) is 6.42 Å². The first-order chi connectivity index (χ1) is 9.40. The molecule has 1 heterocycles. The number of para-hydroxylation sites is 1. The molecule has 0 spiro atoms. The molecule has 1 aliphatic heterocycles. The molecule has 1 unspecified atom stereocenters. The van der Waals surface area contributed by atoms with Crippen LogP contribution in [-0.4, -0.2) is 19.3 Å². The van der Waals surface area contributed by atoms with Crippen molar-refractivity contribution < 1.29 is 9.47 Å². The highest BCUT2D eigenvalue weighted by Gasteiger charge is 2.17. The topological polar surface area (TPSA) is 30.5 Å². The summed E-state index contributed by atoms with van der Waals surface area (Å²) in [6.07, 6.45) is 1.16. The predicted octanol–water partition coefficient (Wildman–Crippen LogP) is 3.60. The Balaban J connectivity index is 1.69. The van der Waals surface area contributed by atoms with Crippen molar-refractivity contribution in [2.24, 2.45) is 0 Å². The summed E-state index contributed by atoms with van der Waals surface area (Å²) in [7, 11) is 0. The van der Waals surface area contributed by atoms with Gasteiger partial charge in [0.25, 0.3) is 0 Å². The van der Waals surface area contributed by atoms with Gasteiger partial charge in [0.05, 0.1) is 13.2 Å². The molecule has 3 rings (SSSR count). The Labute approximate surface area is 113 Å². The minimum absolute atomic E-state index is 0.187. The molecule has 3 heteroatoms. The monoisotopic (exact) mass is 255 g/mol. The van der Waals surface area contributed by atoms with Crippen molar-refractivity contribution in [1.82, 2.24) is 0 Å². The van der Waals surface area contributed by atoms with Gasteiger partial charge in [-0.1, -0.05) is 24.3 Å². The largest absolute Gasteiger partial charge is 0.488 e. The molecule has 2 aromatic carbocycles. The van der Waals surface area contributed by atoms with E-state index in [0.29, 0.717) is 6.61 Å². The van der Waals surface area contributed by atoms with Crippen LogP contribution in [0.4, 0.5) is 11.4 Å². The SMILES string of the molecule is c1ccc(Nc2cccc(OC3CCOC3)c2)cc1. The van der Waals surface area contributed by atoms with Crippen molar-refractivity contribution in [3.63, 3.8) is 0 Å². The van der Waals surface area contributed by atoms with Gasteiger partial charge in [0.2, 0.25) is 0 Å². The van der Waals surface area contributed by atoms with Crippen LogP contribution in [0.3, 0.4) is 0 Å². The van der Waals surface area contributed by atoms with E-state index >= 15 is 0 Å². The van der Waals surface area contributed by atoms with E-state index < -0.39 is 0 Å². The molecule has 1 fully saturated rings. The molecule has 19 heavy (non-hydrogen) atoms. The summed E-state index contributed by atoms with van der Waals surface area (Å²) in [5.41, 5.74) is 2.10. The lowest BCUT2D eigenvalue weighted by molar-refractivity contribution is 0.141. The lowest BCUT2D eigenvalue weighted by Crippen LogP contribution is -2.15. The van der Waals surface area contributed by atoms with Gasteiger partial charge in [-0.25, -0.2) is 0 Å². The summed E-state index contributed by atoms with van der Waals surface area (Å²) in [4.78, 5) is 0. The number of hydrogen-bond acceptors (Lipinski definition) is 3. The van der Waals surface area contributed by atoms with Gasteiger partial charge in [0.1, 0.15) is 11.9 Å². The van der Waals surface area contributed by atoms with Crippen molar-refractivity contribution in [2.45, 2.75) is 12.5 Å². The van der Waals surface area contributed by atoms with Gasteiger partial charge in [0, 0.05) is 23.9 Å². The summed E-state index contributed by atoms with van der Waals surface area (Å²) < 4.78 is 11.2. The second-order valence-electron chi connectivity index (χ2n) is 4.62. The summed E-state index contributed by atoms with van der Waals surface area (Å²) >= 11 is 0. The Morgan fingerprint density at radius 3 is 2.63 bits per heavy atom. The number of nitrogens with one attached hydrogen (secondary N) is 1. The molecule has 1 saturated heterocycles. The third kappa shape index (κ3) is 3.26. The zero-order chi connectivity index (χ0) is 12.9. The normalized spacial score (nSPS) is 18.2. The Morgan fingerprint density at radius 2 is 1.84 bits per heavy atom. The maximum atomic E-state index is 5.89. The van der Waals surface area contributed by atoms with Crippen LogP contribution < -0.4 is 10.1 Å². The predicted molar refractivity (Wildman–Crippen MR) is 76.0 cm³/mol. The van der Waals surface area contributed by atoms with Gasteiger partial charge in [0.15, 0.2) is 0 Å². The van der Waals surface area contributed by atoms with E-state index in [0.717, 1.165) is 30.2 Å². The fourth-order valence-corrected chi connectivity index (χ4v) is 2.13. The van der Waals surface area contributed by atoms with E-state index in [2.05, 4.69) is 5.32 Å². The molecule has 0 amide bonds. The molecule has 3 nitrogen and oxygen atoms in total. The molecule has 0 saturated carbocycles. The molecule has 0 bridgehead atoms. The molecule has 98 valence electrons.